The van der Waals surface area contributed by atoms with Crippen LogP contribution in [0.5, 0.6) is 0 Å². The third kappa shape index (κ3) is 4.96. The van der Waals surface area contributed by atoms with Crippen LogP contribution in [0.15, 0.2) is 58.4 Å². The van der Waals surface area contributed by atoms with E-state index in [9.17, 15) is 14.9 Å². The third-order valence-electron chi connectivity index (χ3n) is 5.52. The first-order valence-corrected chi connectivity index (χ1v) is 11.2. The van der Waals surface area contributed by atoms with Crippen LogP contribution in [0.1, 0.15) is 37.7 Å². The van der Waals surface area contributed by atoms with E-state index in [1.165, 1.54) is 37.1 Å². The van der Waals surface area contributed by atoms with E-state index < -0.39 is 4.92 Å². The van der Waals surface area contributed by atoms with Crippen molar-refractivity contribution in [2.75, 3.05) is 11.9 Å². The number of hydrogen-bond acceptors (Lipinski definition) is 6. The summed E-state index contributed by atoms with van der Waals surface area (Å²) in [4.78, 5) is 30.7. The number of para-hydroxylation sites is 1. The molecule has 1 aliphatic carbocycles. The zero-order valence-corrected chi connectivity index (χ0v) is 18.1. The molecule has 1 saturated heterocycles. The fraction of sp³-hybridized carbons (Fsp3) is 0.304. The van der Waals surface area contributed by atoms with Crippen LogP contribution >= 0.6 is 11.8 Å². The molecule has 0 atom stereocenters. The molecule has 160 valence electrons. The van der Waals surface area contributed by atoms with Gasteiger partial charge in [-0.25, -0.2) is 0 Å². The Kier molecular flexibility index (Phi) is 6.36. The quantitative estimate of drug-likeness (QED) is 0.393. The van der Waals surface area contributed by atoms with Crippen LogP contribution in [0.2, 0.25) is 0 Å². The lowest BCUT2D eigenvalue weighted by molar-refractivity contribution is -0.384. The van der Waals surface area contributed by atoms with Crippen molar-refractivity contribution in [3.63, 3.8) is 0 Å². The lowest BCUT2D eigenvalue weighted by Gasteiger charge is -2.19. The number of carbonyl (C=O) groups excluding carboxylic acids is 1. The van der Waals surface area contributed by atoms with E-state index in [2.05, 4.69) is 10.3 Å². The van der Waals surface area contributed by atoms with Crippen molar-refractivity contribution in [2.24, 2.45) is 4.99 Å². The van der Waals surface area contributed by atoms with Crippen LogP contribution in [0.4, 0.5) is 17.1 Å². The van der Waals surface area contributed by atoms with Crippen LogP contribution in [0, 0.1) is 10.1 Å². The number of nitro benzene ring substituents is 1. The third-order valence-corrected chi connectivity index (χ3v) is 6.45. The minimum Gasteiger partial charge on any atom is -0.339 e. The Morgan fingerprint density at radius 3 is 2.61 bits per heavy atom. The molecule has 0 unspecified atom stereocenters. The normalized spacial score (nSPS) is 19.6. The second-order valence-corrected chi connectivity index (χ2v) is 8.72. The molecule has 0 radical (unpaired) electrons. The molecule has 7 nitrogen and oxygen atoms in total. The smallest absolute Gasteiger partial charge is 0.293 e. The monoisotopic (exact) mass is 436 g/mol. The maximum atomic E-state index is 12.4. The van der Waals surface area contributed by atoms with Crippen molar-refractivity contribution in [1.29, 1.82) is 0 Å². The summed E-state index contributed by atoms with van der Waals surface area (Å²) in [5, 5.41) is 15.2. The van der Waals surface area contributed by atoms with E-state index >= 15 is 0 Å². The molecule has 31 heavy (non-hydrogen) atoms. The molecule has 1 aliphatic heterocycles. The molecule has 1 amide bonds. The fourth-order valence-electron chi connectivity index (χ4n) is 3.87. The topological polar surface area (TPSA) is 87.8 Å². The van der Waals surface area contributed by atoms with Gasteiger partial charge in [0.2, 0.25) is 0 Å². The zero-order chi connectivity index (χ0) is 21.8. The number of aliphatic imine (C=N–C) groups is 1. The molecule has 1 saturated carbocycles. The van der Waals surface area contributed by atoms with Crippen molar-refractivity contribution < 1.29 is 9.72 Å². The molecule has 0 bridgehead atoms. The Balaban J connectivity index is 1.58. The molecular weight excluding hydrogens is 412 g/mol. The van der Waals surface area contributed by atoms with Gasteiger partial charge in [0, 0.05) is 18.8 Å². The maximum absolute atomic E-state index is 12.4. The van der Waals surface area contributed by atoms with Gasteiger partial charge in [0.25, 0.3) is 11.6 Å². The molecule has 0 spiro atoms. The van der Waals surface area contributed by atoms with Crippen LogP contribution in [0.3, 0.4) is 0 Å². The second-order valence-electron chi connectivity index (χ2n) is 7.69. The van der Waals surface area contributed by atoms with E-state index in [1.807, 2.05) is 30.3 Å². The highest BCUT2D eigenvalue weighted by atomic mass is 32.2. The fourth-order valence-corrected chi connectivity index (χ4v) is 4.76. The number of rotatable bonds is 5. The average Bonchev–Trinajstić information content (AvgIpc) is 3.12. The highest BCUT2D eigenvalue weighted by Crippen LogP contribution is 2.35. The number of amides is 1. The summed E-state index contributed by atoms with van der Waals surface area (Å²) in [6, 6.07) is 14.7. The van der Waals surface area contributed by atoms with Crippen LogP contribution < -0.4 is 10.2 Å². The van der Waals surface area contributed by atoms with Gasteiger partial charge in [-0.1, -0.05) is 43.5 Å². The van der Waals surface area contributed by atoms with E-state index in [0.717, 1.165) is 18.5 Å². The van der Waals surface area contributed by atoms with Gasteiger partial charge >= 0.3 is 0 Å². The van der Waals surface area contributed by atoms with Gasteiger partial charge < -0.3 is 10.2 Å². The molecule has 4 rings (SSSR count). The van der Waals surface area contributed by atoms with Crippen molar-refractivity contribution >= 4 is 46.0 Å². The lowest BCUT2D eigenvalue weighted by Crippen LogP contribution is -2.22. The largest absolute Gasteiger partial charge is 0.339 e. The number of anilines is 2. The molecule has 2 aromatic carbocycles. The average molecular weight is 437 g/mol. The summed E-state index contributed by atoms with van der Waals surface area (Å²) in [6.45, 7) is 0. The molecule has 1 N–H and O–H groups in total. The van der Waals surface area contributed by atoms with E-state index in [-0.39, 0.29) is 17.6 Å². The van der Waals surface area contributed by atoms with E-state index in [1.54, 1.807) is 30.2 Å². The first-order chi connectivity index (χ1) is 15.0. The molecule has 8 heteroatoms. The van der Waals surface area contributed by atoms with Gasteiger partial charge in [-0.05, 0) is 54.4 Å². The van der Waals surface area contributed by atoms with Crippen molar-refractivity contribution in [3.05, 3.63) is 69.1 Å². The standard InChI is InChI=1S/C23H24N4O3S/c1-26(18-10-6-3-7-11-18)19-13-12-16(14-20(19)27(29)30)15-21-22(28)25-23(31-21)24-17-8-4-2-5-9-17/h3,6-7,10-15,17H,2,4-5,8-9H2,1H3,(H,24,25,28)/b21-15+. The number of carbonyl (C=O) groups is 1. The summed E-state index contributed by atoms with van der Waals surface area (Å²) < 4.78 is 0. The van der Waals surface area contributed by atoms with Crippen molar-refractivity contribution in [1.82, 2.24) is 5.32 Å². The van der Waals surface area contributed by atoms with Crippen LogP contribution in [-0.4, -0.2) is 29.1 Å². The van der Waals surface area contributed by atoms with Crippen molar-refractivity contribution in [2.45, 2.75) is 38.1 Å². The first-order valence-electron chi connectivity index (χ1n) is 10.4. The Morgan fingerprint density at radius 2 is 1.90 bits per heavy atom. The number of amidine groups is 1. The van der Waals surface area contributed by atoms with Gasteiger partial charge in [0.1, 0.15) is 5.69 Å². The minimum absolute atomic E-state index is 0.0137. The number of hydrogen-bond donors (Lipinski definition) is 1. The van der Waals surface area contributed by atoms with Gasteiger partial charge in [0.05, 0.1) is 15.9 Å². The van der Waals surface area contributed by atoms with Crippen molar-refractivity contribution in [3.8, 4) is 0 Å². The number of thioether (sulfide) groups is 1. The summed E-state index contributed by atoms with van der Waals surface area (Å²) in [6.07, 6.45) is 7.40. The highest BCUT2D eigenvalue weighted by molar-refractivity contribution is 8.18. The summed E-state index contributed by atoms with van der Waals surface area (Å²) in [5.74, 6) is -0.215. The summed E-state index contributed by atoms with van der Waals surface area (Å²) in [7, 11) is 1.80. The van der Waals surface area contributed by atoms with Crippen LogP contribution in [-0.2, 0) is 4.79 Å². The summed E-state index contributed by atoms with van der Waals surface area (Å²) >= 11 is 1.30. The van der Waals surface area contributed by atoms with Gasteiger partial charge in [0.15, 0.2) is 5.17 Å². The second kappa shape index (κ2) is 9.34. The lowest BCUT2D eigenvalue weighted by atomic mass is 9.96. The SMILES string of the molecule is CN(c1ccccc1)c1ccc(/C=C2/SC(=NC3CCCCC3)NC2=O)cc1[N+](=O)[O-]. The molecule has 1 heterocycles. The summed E-state index contributed by atoms with van der Waals surface area (Å²) in [5.41, 5.74) is 1.93. The van der Waals surface area contributed by atoms with Gasteiger partial charge in [-0.15, -0.1) is 0 Å². The predicted molar refractivity (Wildman–Crippen MR) is 126 cm³/mol. The highest BCUT2D eigenvalue weighted by Gasteiger charge is 2.26. The number of nitrogens with one attached hydrogen (secondary N) is 1. The Morgan fingerprint density at radius 1 is 1.16 bits per heavy atom. The van der Waals surface area contributed by atoms with E-state index in [4.69, 9.17) is 0 Å². The Labute approximate surface area is 185 Å². The maximum Gasteiger partial charge on any atom is 0.293 e. The zero-order valence-electron chi connectivity index (χ0n) is 17.3. The molecule has 2 fully saturated rings. The van der Waals surface area contributed by atoms with Crippen LogP contribution in [0.25, 0.3) is 6.08 Å². The number of benzene rings is 2. The Bertz CT molecular complexity index is 1050. The van der Waals surface area contributed by atoms with E-state index in [0.29, 0.717) is 21.3 Å². The Hall–Kier alpha value is -3.13. The van der Waals surface area contributed by atoms with Gasteiger partial charge in [-0.3, -0.25) is 19.9 Å². The predicted octanol–water partition coefficient (Wildman–Crippen LogP) is 5.26. The van der Waals surface area contributed by atoms with Gasteiger partial charge in [-0.2, -0.15) is 0 Å². The first kappa shape index (κ1) is 21.1. The molecule has 2 aliphatic rings. The number of nitrogens with zero attached hydrogens (tertiary/aromatic N) is 3. The molecule has 0 aromatic heterocycles. The molecule has 2 aromatic rings. The number of nitro groups is 1. The molecular formula is C23H24N4O3S. The minimum atomic E-state index is -0.394.